The highest BCUT2D eigenvalue weighted by Crippen LogP contribution is 2.33. The van der Waals surface area contributed by atoms with Crippen molar-refractivity contribution in [3.05, 3.63) is 92.6 Å². The molecule has 0 radical (unpaired) electrons. The van der Waals surface area contributed by atoms with Crippen LogP contribution in [0.5, 0.6) is 0 Å². The quantitative estimate of drug-likeness (QED) is 0.305. The van der Waals surface area contributed by atoms with Crippen molar-refractivity contribution < 1.29 is 9.59 Å². The molecular weight excluding hydrogens is 404 g/mol. The van der Waals surface area contributed by atoms with Gasteiger partial charge in [-0.3, -0.25) is 9.59 Å². The first-order valence-electron chi connectivity index (χ1n) is 10.0. The first-order chi connectivity index (χ1) is 14.9. The van der Waals surface area contributed by atoms with Gasteiger partial charge in [-0.15, -0.1) is 11.3 Å². The Kier molecular flexibility index (Phi) is 4.56. The number of benzene rings is 2. The van der Waals surface area contributed by atoms with E-state index in [0.29, 0.717) is 11.1 Å². The molecule has 0 atom stereocenters. The molecule has 0 spiro atoms. The van der Waals surface area contributed by atoms with Crippen LogP contribution < -0.4 is 0 Å². The van der Waals surface area contributed by atoms with Crippen molar-refractivity contribution in [2.75, 3.05) is 0 Å². The maximum absolute atomic E-state index is 12.9. The van der Waals surface area contributed by atoms with Gasteiger partial charge in [0.2, 0.25) is 0 Å². The molecule has 0 bridgehead atoms. The second-order valence-corrected chi connectivity index (χ2v) is 8.87. The van der Waals surface area contributed by atoms with Crippen LogP contribution in [0.3, 0.4) is 0 Å². The molecule has 31 heavy (non-hydrogen) atoms. The first kappa shape index (κ1) is 19.4. The molecule has 0 saturated heterocycles. The van der Waals surface area contributed by atoms with Crippen molar-refractivity contribution in [1.82, 2.24) is 9.55 Å². The van der Waals surface area contributed by atoms with Crippen LogP contribution in [0, 0.1) is 13.8 Å². The number of rotatable bonds is 3. The number of hydrogen-bond acceptors (Lipinski definition) is 4. The van der Waals surface area contributed by atoms with E-state index >= 15 is 0 Å². The zero-order chi connectivity index (χ0) is 21.7. The number of allylic oxidation sites excluding steroid dienone is 1. The maximum atomic E-state index is 12.9. The van der Waals surface area contributed by atoms with Gasteiger partial charge in [0.15, 0.2) is 11.6 Å². The van der Waals surface area contributed by atoms with Crippen LogP contribution >= 0.6 is 11.3 Å². The van der Waals surface area contributed by atoms with Gasteiger partial charge in [0.1, 0.15) is 10.7 Å². The van der Waals surface area contributed by atoms with E-state index in [9.17, 15) is 9.59 Å². The molecule has 2 heterocycles. The van der Waals surface area contributed by atoms with Gasteiger partial charge in [-0.25, -0.2) is 4.98 Å². The zero-order valence-electron chi connectivity index (χ0n) is 17.5. The SMILES string of the molecule is Cc1cc2c(cc1C)C(=O)C(=Cc1cc3c(nc(/C=C/c4ccccc4)n3C)s1)C2=O. The summed E-state index contributed by atoms with van der Waals surface area (Å²) in [5.41, 5.74) is 5.37. The average Bonchev–Trinajstić information content (AvgIpc) is 3.36. The smallest absolute Gasteiger partial charge is 0.197 e. The summed E-state index contributed by atoms with van der Waals surface area (Å²) in [6.07, 6.45) is 5.73. The fraction of sp³-hybridized carbons (Fsp3) is 0.115. The lowest BCUT2D eigenvalue weighted by Crippen LogP contribution is -1.99. The van der Waals surface area contributed by atoms with Crippen molar-refractivity contribution in [2.45, 2.75) is 13.8 Å². The molecule has 4 nitrogen and oxygen atoms in total. The Bertz CT molecular complexity index is 1390. The number of aryl methyl sites for hydroxylation is 3. The van der Waals surface area contributed by atoms with Crippen LogP contribution in [-0.2, 0) is 7.05 Å². The fourth-order valence-electron chi connectivity index (χ4n) is 3.83. The lowest BCUT2D eigenvalue weighted by Gasteiger charge is -2.01. The van der Waals surface area contributed by atoms with Gasteiger partial charge in [0.25, 0.3) is 0 Å². The Morgan fingerprint density at radius 1 is 0.903 bits per heavy atom. The third kappa shape index (κ3) is 3.27. The minimum Gasteiger partial charge on any atom is -0.327 e. The number of imidazole rings is 1. The average molecular weight is 425 g/mol. The number of fused-ring (bicyclic) bond motifs is 2. The van der Waals surface area contributed by atoms with Crippen LogP contribution in [0.25, 0.3) is 28.6 Å². The summed E-state index contributed by atoms with van der Waals surface area (Å²) in [5.74, 6) is 0.468. The van der Waals surface area contributed by atoms with Crippen molar-refractivity contribution in [1.29, 1.82) is 0 Å². The van der Waals surface area contributed by atoms with Gasteiger partial charge in [-0.05, 0) is 60.9 Å². The first-order valence-corrected chi connectivity index (χ1v) is 10.9. The number of hydrogen-bond donors (Lipinski definition) is 0. The van der Waals surface area contributed by atoms with Gasteiger partial charge in [-0.2, -0.15) is 0 Å². The van der Waals surface area contributed by atoms with E-state index in [2.05, 4.69) is 0 Å². The molecule has 152 valence electrons. The molecule has 0 aliphatic heterocycles. The minimum atomic E-state index is -0.194. The molecule has 1 aliphatic rings. The molecule has 2 aromatic heterocycles. The van der Waals surface area contributed by atoms with Crippen molar-refractivity contribution >= 4 is 51.5 Å². The van der Waals surface area contributed by atoms with Gasteiger partial charge < -0.3 is 4.57 Å². The fourth-order valence-corrected chi connectivity index (χ4v) is 4.84. The number of Topliss-reactive ketones (excluding diaryl/α,β-unsaturated/α-hetero) is 2. The number of nitrogens with zero attached hydrogens (tertiary/aromatic N) is 2. The van der Waals surface area contributed by atoms with Gasteiger partial charge >= 0.3 is 0 Å². The number of carbonyl (C=O) groups is 2. The highest BCUT2D eigenvalue weighted by Gasteiger charge is 2.33. The van der Waals surface area contributed by atoms with E-state index in [1.807, 2.05) is 86.1 Å². The second-order valence-electron chi connectivity index (χ2n) is 7.81. The molecule has 4 aromatic rings. The molecule has 5 heteroatoms. The minimum absolute atomic E-state index is 0.194. The van der Waals surface area contributed by atoms with E-state index in [4.69, 9.17) is 4.98 Å². The number of carbonyl (C=O) groups excluding carboxylic acids is 2. The molecule has 1 aliphatic carbocycles. The lowest BCUT2D eigenvalue weighted by molar-refractivity contribution is 0.0990. The molecule has 0 unspecified atom stereocenters. The molecular formula is C26H20N2O2S. The molecule has 5 rings (SSSR count). The van der Waals surface area contributed by atoms with Gasteiger partial charge in [0, 0.05) is 23.1 Å². The van der Waals surface area contributed by atoms with Crippen LogP contribution in [0.2, 0.25) is 0 Å². The summed E-state index contributed by atoms with van der Waals surface area (Å²) in [4.78, 5) is 32.2. The van der Waals surface area contributed by atoms with E-state index in [0.717, 1.165) is 37.7 Å². The number of ketones is 2. The topological polar surface area (TPSA) is 52.0 Å². The predicted octanol–water partition coefficient (Wildman–Crippen LogP) is 5.88. The Balaban J connectivity index is 1.48. The van der Waals surface area contributed by atoms with Crippen LogP contribution in [0.15, 0.2) is 54.1 Å². The second kappa shape index (κ2) is 7.29. The Labute approximate surface area is 184 Å². The summed E-state index contributed by atoms with van der Waals surface area (Å²) < 4.78 is 2.02. The lowest BCUT2D eigenvalue weighted by atomic mass is 10.0. The van der Waals surface area contributed by atoms with Crippen molar-refractivity contribution in [3.63, 3.8) is 0 Å². The van der Waals surface area contributed by atoms with Crippen LogP contribution in [-0.4, -0.2) is 21.1 Å². The summed E-state index contributed by atoms with van der Waals surface area (Å²) in [6, 6.07) is 15.7. The zero-order valence-corrected chi connectivity index (χ0v) is 18.3. The number of aromatic nitrogens is 2. The van der Waals surface area contributed by atoms with E-state index < -0.39 is 0 Å². The molecule has 0 amide bonds. The van der Waals surface area contributed by atoms with E-state index in [1.165, 1.54) is 11.3 Å². The number of thiophene rings is 1. The third-order valence-corrected chi connectivity index (χ3v) is 6.72. The van der Waals surface area contributed by atoms with Gasteiger partial charge in [-0.1, -0.05) is 36.4 Å². The van der Waals surface area contributed by atoms with Crippen molar-refractivity contribution in [3.8, 4) is 0 Å². The van der Waals surface area contributed by atoms with Crippen LogP contribution in [0.1, 0.15) is 48.1 Å². The summed E-state index contributed by atoms with van der Waals surface area (Å²) in [6.45, 7) is 3.91. The largest absolute Gasteiger partial charge is 0.327 e. The molecule has 2 aromatic carbocycles. The highest BCUT2D eigenvalue weighted by molar-refractivity contribution is 7.19. The monoisotopic (exact) mass is 424 g/mol. The maximum Gasteiger partial charge on any atom is 0.197 e. The third-order valence-electron chi connectivity index (χ3n) is 5.76. The van der Waals surface area contributed by atoms with E-state index in [-0.39, 0.29) is 17.1 Å². The molecule has 0 N–H and O–H groups in total. The highest BCUT2D eigenvalue weighted by atomic mass is 32.1. The van der Waals surface area contributed by atoms with Crippen molar-refractivity contribution in [2.24, 2.45) is 7.05 Å². The molecule has 0 fully saturated rings. The Morgan fingerprint density at radius 3 is 2.16 bits per heavy atom. The molecule has 0 saturated carbocycles. The normalized spacial score (nSPS) is 13.6. The Hall–Kier alpha value is -3.57. The van der Waals surface area contributed by atoms with Gasteiger partial charge in [0.05, 0.1) is 11.1 Å². The van der Waals surface area contributed by atoms with E-state index in [1.54, 1.807) is 6.08 Å². The summed E-state index contributed by atoms with van der Waals surface area (Å²) in [7, 11) is 1.97. The summed E-state index contributed by atoms with van der Waals surface area (Å²) in [5, 5.41) is 0. The van der Waals surface area contributed by atoms with Crippen LogP contribution in [0.4, 0.5) is 0 Å². The predicted molar refractivity (Wildman–Crippen MR) is 127 cm³/mol. The standard InChI is InChI=1S/C26H20N2O2S/c1-15-11-19-20(12-16(15)2)25(30)21(24(19)29)13-18-14-22-26(31-18)27-23(28(22)3)10-9-17-7-5-4-6-8-17/h4-14H,1-3H3/b10-9+. The Morgan fingerprint density at radius 2 is 1.55 bits per heavy atom. The summed E-state index contributed by atoms with van der Waals surface area (Å²) >= 11 is 1.48.